The van der Waals surface area contributed by atoms with Gasteiger partial charge in [-0.25, -0.2) is 4.79 Å². The Morgan fingerprint density at radius 3 is 2.42 bits per heavy atom. The Labute approximate surface area is 151 Å². The molecule has 2 aromatic carbocycles. The summed E-state index contributed by atoms with van der Waals surface area (Å²) in [6.07, 6.45) is -0.0205. The van der Waals surface area contributed by atoms with Crippen LogP contribution in [0.4, 0.5) is 5.69 Å². The van der Waals surface area contributed by atoms with Crippen molar-refractivity contribution < 1.29 is 24.2 Å². The number of ether oxygens (including phenoxy) is 1. The molecule has 0 bridgehead atoms. The molecule has 0 saturated heterocycles. The highest BCUT2D eigenvalue weighted by molar-refractivity contribution is 5.98. The molecule has 0 heterocycles. The first-order valence-electron chi connectivity index (χ1n) is 7.99. The molecule has 2 amide bonds. The van der Waals surface area contributed by atoms with Gasteiger partial charge in [-0.2, -0.15) is 0 Å². The monoisotopic (exact) mass is 356 g/mol. The molecule has 0 aliphatic rings. The number of phenolic OH excluding ortho intramolecular Hbond substituents is 1. The lowest BCUT2D eigenvalue weighted by atomic mass is 10.1. The molecule has 0 saturated carbocycles. The Hall–Kier alpha value is -3.35. The first-order valence-corrected chi connectivity index (χ1v) is 7.99. The summed E-state index contributed by atoms with van der Waals surface area (Å²) >= 11 is 0. The second-order valence-electron chi connectivity index (χ2n) is 5.69. The number of carbonyl (C=O) groups is 3. The van der Waals surface area contributed by atoms with Crippen LogP contribution in [0.15, 0.2) is 48.5 Å². The fourth-order valence-corrected chi connectivity index (χ4v) is 2.32. The van der Waals surface area contributed by atoms with Crippen molar-refractivity contribution in [2.24, 2.45) is 5.73 Å². The highest BCUT2D eigenvalue weighted by Gasteiger charge is 2.20. The van der Waals surface area contributed by atoms with Crippen LogP contribution in [0.3, 0.4) is 0 Å². The zero-order chi connectivity index (χ0) is 19.1. The first-order chi connectivity index (χ1) is 12.4. The third-order valence-electron chi connectivity index (χ3n) is 3.65. The van der Waals surface area contributed by atoms with Crippen molar-refractivity contribution in [2.45, 2.75) is 13.3 Å². The van der Waals surface area contributed by atoms with Crippen molar-refractivity contribution in [3.8, 4) is 5.75 Å². The Balaban J connectivity index is 2.06. The van der Waals surface area contributed by atoms with E-state index in [2.05, 4.69) is 0 Å². The zero-order valence-corrected chi connectivity index (χ0v) is 14.3. The molecule has 7 nitrogen and oxygen atoms in total. The molecule has 0 aliphatic heterocycles. The molecule has 136 valence electrons. The molecular formula is C19H20N2O5. The maximum atomic E-state index is 12.5. The van der Waals surface area contributed by atoms with E-state index in [9.17, 15) is 19.5 Å². The van der Waals surface area contributed by atoms with Gasteiger partial charge in [0.25, 0.3) is 5.91 Å². The van der Waals surface area contributed by atoms with E-state index in [0.717, 1.165) is 5.56 Å². The van der Waals surface area contributed by atoms with E-state index in [0.29, 0.717) is 5.69 Å². The zero-order valence-electron chi connectivity index (χ0n) is 14.3. The van der Waals surface area contributed by atoms with Crippen molar-refractivity contribution in [1.29, 1.82) is 0 Å². The number of hydrogen-bond acceptors (Lipinski definition) is 5. The Bertz CT molecular complexity index is 805. The Kier molecular flexibility index (Phi) is 6.32. The van der Waals surface area contributed by atoms with Gasteiger partial charge < -0.3 is 20.5 Å². The van der Waals surface area contributed by atoms with E-state index in [4.69, 9.17) is 10.5 Å². The van der Waals surface area contributed by atoms with Crippen LogP contribution in [0, 0.1) is 6.92 Å². The number of primary amides is 1. The molecule has 2 rings (SSSR count). The maximum absolute atomic E-state index is 12.5. The minimum absolute atomic E-state index is 0.0205. The number of nitrogens with zero attached hydrogens (tertiary/aromatic N) is 1. The van der Waals surface area contributed by atoms with Crippen molar-refractivity contribution in [1.82, 2.24) is 0 Å². The smallest absolute Gasteiger partial charge is 0.342 e. The van der Waals surface area contributed by atoms with Crippen molar-refractivity contribution in [3.05, 3.63) is 59.7 Å². The molecule has 0 aliphatic carbocycles. The number of phenols is 1. The molecule has 0 unspecified atom stereocenters. The Morgan fingerprint density at radius 2 is 1.81 bits per heavy atom. The van der Waals surface area contributed by atoms with Crippen LogP contribution < -0.4 is 10.6 Å². The normalized spacial score (nSPS) is 10.2. The average Bonchev–Trinajstić information content (AvgIpc) is 2.60. The third-order valence-corrected chi connectivity index (χ3v) is 3.65. The fourth-order valence-electron chi connectivity index (χ4n) is 2.32. The number of carbonyl (C=O) groups excluding carboxylic acids is 3. The second kappa shape index (κ2) is 8.66. The molecule has 2 aromatic rings. The molecular weight excluding hydrogens is 336 g/mol. The van der Waals surface area contributed by atoms with Gasteiger partial charge in [0.15, 0.2) is 6.61 Å². The van der Waals surface area contributed by atoms with E-state index in [1.54, 1.807) is 43.3 Å². The second-order valence-corrected chi connectivity index (χ2v) is 5.69. The molecule has 0 fully saturated rings. The molecule has 0 atom stereocenters. The first kappa shape index (κ1) is 19.0. The highest BCUT2D eigenvalue weighted by Crippen LogP contribution is 2.20. The third kappa shape index (κ3) is 5.07. The molecule has 3 N–H and O–H groups in total. The summed E-state index contributed by atoms with van der Waals surface area (Å²) in [6, 6.07) is 13.2. The summed E-state index contributed by atoms with van der Waals surface area (Å²) in [5, 5.41) is 9.81. The number of anilines is 1. The predicted molar refractivity (Wildman–Crippen MR) is 95.7 cm³/mol. The van der Waals surface area contributed by atoms with Gasteiger partial charge in [0, 0.05) is 18.7 Å². The van der Waals surface area contributed by atoms with Crippen molar-refractivity contribution in [3.63, 3.8) is 0 Å². The number of aryl methyl sites for hydroxylation is 1. The van der Waals surface area contributed by atoms with Crippen LogP contribution in [0.25, 0.3) is 0 Å². The van der Waals surface area contributed by atoms with Gasteiger partial charge in [0.2, 0.25) is 5.91 Å². The number of benzene rings is 2. The van der Waals surface area contributed by atoms with Crippen LogP contribution >= 0.6 is 0 Å². The summed E-state index contributed by atoms with van der Waals surface area (Å²) in [5.74, 6) is -2.06. The number of esters is 1. The highest BCUT2D eigenvalue weighted by atomic mass is 16.5. The predicted octanol–water partition coefficient (Wildman–Crippen LogP) is 1.77. The lowest BCUT2D eigenvalue weighted by molar-refractivity contribution is -0.121. The van der Waals surface area contributed by atoms with Gasteiger partial charge in [0.1, 0.15) is 11.3 Å². The number of hydrogen-bond donors (Lipinski definition) is 2. The largest absolute Gasteiger partial charge is 0.507 e. The molecule has 0 radical (unpaired) electrons. The maximum Gasteiger partial charge on any atom is 0.342 e. The molecule has 26 heavy (non-hydrogen) atoms. The quantitative estimate of drug-likeness (QED) is 0.735. The standard InChI is InChI=1S/C19H20N2O5/c1-13-7-8-15(16(22)11-13)19(25)26-12-18(24)21(10-9-17(20)23)14-5-3-2-4-6-14/h2-8,11,22H,9-10,12H2,1H3,(H2,20,23). The number of aromatic hydroxyl groups is 1. The van der Waals surface area contributed by atoms with E-state index < -0.39 is 24.4 Å². The summed E-state index contributed by atoms with van der Waals surface area (Å²) < 4.78 is 5.01. The van der Waals surface area contributed by atoms with Gasteiger partial charge >= 0.3 is 5.97 Å². The van der Waals surface area contributed by atoms with Crippen LogP contribution in [0.5, 0.6) is 5.75 Å². The Morgan fingerprint density at radius 1 is 1.12 bits per heavy atom. The number of amides is 2. The van der Waals surface area contributed by atoms with Crippen molar-refractivity contribution in [2.75, 3.05) is 18.1 Å². The number of rotatable bonds is 7. The SMILES string of the molecule is Cc1ccc(C(=O)OCC(=O)N(CCC(N)=O)c2ccccc2)c(O)c1. The van der Waals surface area contributed by atoms with Crippen molar-refractivity contribution >= 4 is 23.5 Å². The van der Waals surface area contributed by atoms with E-state index in [1.807, 2.05) is 0 Å². The van der Waals surface area contributed by atoms with Gasteiger partial charge in [0.05, 0.1) is 0 Å². The van der Waals surface area contributed by atoms with E-state index >= 15 is 0 Å². The molecule has 0 spiro atoms. The number of nitrogens with two attached hydrogens (primary N) is 1. The molecule has 7 heteroatoms. The van der Waals surface area contributed by atoms with Crippen LogP contribution in [-0.2, 0) is 14.3 Å². The lowest BCUT2D eigenvalue weighted by Gasteiger charge is -2.22. The van der Waals surface area contributed by atoms with Gasteiger partial charge in [-0.1, -0.05) is 24.3 Å². The summed E-state index contributed by atoms with van der Waals surface area (Å²) in [7, 11) is 0. The van der Waals surface area contributed by atoms with Gasteiger partial charge in [-0.05, 0) is 36.8 Å². The topological polar surface area (TPSA) is 110 Å². The number of para-hydroxylation sites is 1. The van der Waals surface area contributed by atoms with E-state index in [1.165, 1.54) is 17.0 Å². The van der Waals surface area contributed by atoms with Crippen LogP contribution in [0.1, 0.15) is 22.3 Å². The van der Waals surface area contributed by atoms with Gasteiger partial charge in [-0.15, -0.1) is 0 Å². The fraction of sp³-hybridized carbons (Fsp3) is 0.211. The van der Waals surface area contributed by atoms with Crippen LogP contribution in [0.2, 0.25) is 0 Å². The summed E-state index contributed by atoms with van der Waals surface area (Å²) in [6.45, 7) is 1.32. The van der Waals surface area contributed by atoms with Gasteiger partial charge in [-0.3, -0.25) is 9.59 Å². The minimum Gasteiger partial charge on any atom is -0.507 e. The lowest BCUT2D eigenvalue weighted by Crippen LogP contribution is -2.37. The average molecular weight is 356 g/mol. The summed E-state index contributed by atoms with van der Waals surface area (Å²) in [4.78, 5) is 36.9. The van der Waals surface area contributed by atoms with Crippen LogP contribution in [-0.4, -0.2) is 36.0 Å². The minimum atomic E-state index is -0.807. The molecule has 0 aromatic heterocycles. The van der Waals surface area contributed by atoms with E-state index in [-0.39, 0.29) is 24.3 Å². The summed E-state index contributed by atoms with van der Waals surface area (Å²) in [5.41, 5.74) is 6.49.